The molecule has 20 heavy (non-hydrogen) atoms. The van der Waals surface area contributed by atoms with Crippen molar-refractivity contribution in [3.8, 4) is 0 Å². The number of nitrogens with one attached hydrogen (secondary N) is 1. The molecule has 0 aliphatic heterocycles. The van der Waals surface area contributed by atoms with E-state index in [0.717, 1.165) is 11.6 Å². The molecular formula is C12H12BrN3O3S. The molecule has 0 radical (unpaired) electrons. The zero-order valence-electron chi connectivity index (χ0n) is 10.6. The normalized spacial score (nSPS) is 11.5. The molecule has 2 rings (SSSR count). The highest BCUT2D eigenvalue weighted by Gasteiger charge is 2.10. The Balaban J connectivity index is 2.16. The molecule has 0 aliphatic carbocycles. The van der Waals surface area contributed by atoms with Crippen LogP contribution >= 0.6 is 15.9 Å². The molecule has 0 atom stereocenters. The first kappa shape index (κ1) is 14.9. The summed E-state index contributed by atoms with van der Waals surface area (Å²) in [6, 6.07) is 3.32. The van der Waals surface area contributed by atoms with Gasteiger partial charge in [-0.1, -0.05) is 0 Å². The minimum Gasteiger partial charge on any atom is -0.350 e. The predicted octanol–water partition coefficient (Wildman–Crippen LogP) is 1.17. The van der Waals surface area contributed by atoms with Crippen molar-refractivity contribution in [2.24, 2.45) is 0 Å². The first-order valence-corrected chi connectivity index (χ1v) is 8.58. The summed E-state index contributed by atoms with van der Waals surface area (Å²) in [5.74, 6) is -0.501. The topological polar surface area (TPSA) is 89.0 Å². The smallest absolute Gasteiger partial charge is 0.269 e. The van der Waals surface area contributed by atoms with E-state index in [-0.39, 0.29) is 18.0 Å². The number of amides is 1. The molecule has 0 saturated carbocycles. The summed E-state index contributed by atoms with van der Waals surface area (Å²) in [7, 11) is -3.09. The molecular weight excluding hydrogens is 346 g/mol. The fourth-order valence-corrected chi connectivity index (χ4v) is 2.49. The second-order valence-corrected chi connectivity index (χ2v) is 7.39. The van der Waals surface area contributed by atoms with Gasteiger partial charge in [-0.3, -0.25) is 9.78 Å². The lowest BCUT2D eigenvalue weighted by atomic mass is 10.2. The maximum atomic E-state index is 11.9. The van der Waals surface area contributed by atoms with Crippen LogP contribution in [0.15, 0.2) is 29.0 Å². The number of sulfone groups is 1. The second-order valence-electron chi connectivity index (χ2n) is 4.28. The molecule has 106 valence electrons. The monoisotopic (exact) mass is 357 g/mol. The van der Waals surface area contributed by atoms with Crippen LogP contribution in [0.2, 0.25) is 0 Å². The van der Waals surface area contributed by atoms with E-state index in [1.54, 1.807) is 24.5 Å². The molecule has 0 aliphatic rings. The van der Waals surface area contributed by atoms with E-state index in [9.17, 15) is 13.2 Å². The summed E-state index contributed by atoms with van der Waals surface area (Å²) in [6.07, 6.45) is 4.37. The Hall–Kier alpha value is -1.54. The van der Waals surface area contributed by atoms with Crippen molar-refractivity contribution >= 4 is 42.6 Å². The van der Waals surface area contributed by atoms with Gasteiger partial charge in [-0.05, 0) is 28.1 Å². The van der Waals surface area contributed by atoms with Crippen molar-refractivity contribution in [1.29, 1.82) is 0 Å². The van der Waals surface area contributed by atoms with Crippen LogP contribution in [0.25, 0.3) is 10.9 Å². The molecule has 1 amide bonds. The number of hydrogen-bond acceptors (Lipinski definition) is 5. The molecule has 0 aromatic carbocycles. The zero-order chi connectivity index (χ0) is 14.8. The number of carbonyl (C=O) groups excluding carboxylic acids is 1. The number of carbonyl (C=O) groups is 1. The van der Waals surface area contributed by atoms with Gasteiger partial charge in [-0.2, -0.15) is 0 Å². The fraction of sp³-hybridized carbons (Fsp3) is 0.250. The van der Waals surface area contributed by atoms with Crippen molar-refractivity contribution in [1.82, 2.24) is 15.3 Å². The van der Waals surface area contributed by atoms with Crippen molar-refractivity contribution < 1.29 is 13.2 Å². The highest BCUT2D eigenvalue weighted by Crippen LogP contribution is 2.20. The number of aromatic nitrogens is 2. The van der Waals surface area contributed by atoms with Gasteiger partial charge in [0.25, 0.3) is 5.91 Å². The number of hydrogen-bond donors (Lipinski definition) is 1. The van der Waals surface area contributed by atoms with Crippen LogP contribution in [-0.4, -0.2) is 42.8 Å². The van der Waals surface area contributed by atoms with E-state index in [1.165, 1.54) is 0 Å². The third kappa shape index (κ3) is 3.73. The third-order valence-corrected chi connectivity index (χ3v) is 4.07. The van der Waals surface area contributed by atoms with E-state index in [2.05, 4.69) is 31.2 Å². The van der Waals surface area contributed by atoms with Crippen LogP contribution in [0, 0.1) is 0 Å². The maximum Gasteiger partial charge on any atom is 0.269 e. The minimum atomic E-state index is -3.09. The Morgan fingerprint density at radius 1 is 1.35 bits per heavy atom. The number of pyridine rings is 2. The van der Waals surface area contributed by atoms with E-state index in [4.69, 9.17) is 0 Å². The van der Waals surface area contributed by atoms with E-state index < -0.39 is 15.7 Å². The van der Waals surface area contributed by atoms with Gasteiger partial charge in [0.2, 0.25) is 0 Å². The summed E-state index contributed by atoms with van der Waals surface area (Å²) in [5, 5.41) is 3.34. The van der Waals surface area contributed by atoms with Crippen molar-refractivity contribution in [3.63, 3.8) is 0 Å². The molecule has 8 heteroatoms. The Kier molecular flexibility index (Phi) is 4.34. The Bertz CT molecular complexity index is 762. The van der Waals surface area contributed by atoms with Crippen molar-refractivity contribution in [2.75, 3.05) is 18.6 Å². The average molecular weight is 358 g/mol. The van der Waals surface area contributed by atoms with Crippen LogP contribution in [0.4, 0.5) is 0 Å². The largest absolute Gasteiger partial charge is 0.350 e. The van der Waals surface area contributed by atoms with Gasteiger partial charge in [-0.15, -0.1) is 0 Å². The van der Waals surface area contributed by atoms with Gasteiger partial charge < -0.3 is 5.32 Å². The summed E-state index contributed by atoms with van der Waals surface area (Å²) in [5.41, 5.74) is 0.869. The SMILES string of the molecule is CS(=O)(=O)CCNC(=O)c1ccc2cncc(Br)c2n1. The lowest BCUT2D eigenvalue weighted by molar-refractivity contribution is 0.0951. The quantitative estimate of drug-likeness (QED) is 0.886. The van der Waals surface area contributed by atoms with Crippen molar-refractivity contribution in [2.45, 2.75) is 0 Å². The standard InChI is InChI=1S/C12H12BrN3O3S/c1-20(18,19)5-4-15-12(17)10-3-2-8-6-14-7-9(13)11(8)16-10/h2-3,6-7H,4-5H2,1H3,(H,15,17). The first-order valence-electron chi connectivity index (χ1n) is 5.73. The molecule has 6 nitrogen and oxygen atoms in total. The predicted molar refractivity (Wildman–Crippen MR) is 79.3 cm³/mol. The molecule has 0 spiro atoms. The van der Waals surface area contributed by atoms with Crippen molar-refractivity contribution in [3.05, 3.63) is 34.7 Å². The Morgan fingerprint density at radius 2 is 2.10 bits per heavy atom. The molecule has 0 bridgehead atoms. The van der Waals surface area contributed by atoms with Gasteiger partial charge in [0, 0.05) is 30.6 Å². The average Bonchev–Trinajstić information content (AvgIpc) is 2.37. The number of nitrogens with zero attached hydrogens (tertiary/aromatic N) is 2. The van der Waals surface area contributed by atoms with Crippen LogP contribution in [0.1, 0.15) is 10.5 Å². The number of halogens is 1. The Morgan fingerprint density at radius 3 is 2.80 bits per heavy atom. The van der Waals surface area contributed by atoms with Gasteiger partial charge in [-0.25, -0.2) is 13.4 Å². The molecule has 0 unspecified atom stereocenters. The van der Waals surface area contributed by atoms with E-state index in [0.29, 0.717) is 9.99 Å². The molecule has 2 aromatic heterocycles. The molecule has 0 saturated heterocycles. The lowest BCUT2D eigenvalue weighted by Gasteiger charge is -2.05. The van der Waals surface area contributed by atoms with Gasteiger partial charge >= 0.3 is 0 Å². The van der Waals surface area contributed by atoms with Gasteiger partial charge in [0.05, 0.1) is 15.7 Å². The molecule has 1 N–H and O–H groups in total. The summed E-state index contributed by atoms with van der Waals surface area (Å²) >= 11 is 3.32. The van der Waals surface area contributed by atoms with Crippen LogP contribution in [0.3, 0.4) is 0 Å². The third-order valence-electron chi connectivity index (χ3n) is 2.55. The number of rotatable bonds is 4. The highest BCUT2D eigenvalue weighted by molar-refractivity contribution is 9.10. The van der Waals surface area contributed by atoms with Gasteiger partial charge in [0.15, 0.2) is 0 Å². The molecule has 2 heterocycles. The summed E-state index contributed by atoms with van der Waals surface area (Å²) in [4.78, 5) is 20.1. The lowest BCUT2D eigenvalue weighted by Crippen LogP contribution is -2.29. The molecule has 0 fully saturated rings. The maximum absolute atomic E-state index is 11.9. The summed E-state index contributed by atoms with van der Waals surface area (Å²) in [6.45, 7) is 0.0644. The van der Waals surface area contributed by atoms with Crippen LogP contribution in [-0.2, 0) is 9.84 Å². The first-order chi connectivity index (χ1) is 9.37. The van der Waals surface area contributed by atoms with Crippen LogP contribution in [0.5, 0.6) is 0 Å². The molecule has 2 aromatic rings. The number of fused-ring (bicyclic) bond motifs is 1. The highest BCUT2D eigenvalue weighted by atomic mass is 79.9. The minimum absolute atomic E-state index is 0.0644. The summed E-state index contributed by atoms with van der Waals surface area (Å²) < 4.78 is 22.7. The Labute approximate surface area is 124 Å². The van der Waals surface area contributed by atoms with Crippen LogP contribution < -0.4 is 5.32 Å². The van der Waals surface area contributed by atoms with Gasteiger partial charge in [0.1, 0.15) is 15.5 Å². The second kappa shape index (κ2) is 5.84. The van der Waals surface area contributed by atoms with E-state index in [1.807, 2.05) is 0 Å². The fourth-order valence-electron chi connectivity index (χ4n) is 1.58. The van der Waals surface area contributed by atoms with E-state index >= 15 is 0 Å². The zero-order valence-corrected chi connectivity index (χ0v) is 13.0.